The molecular formula is C18H23FN4O7S. The van der Waals surface area contributed by atoms with Gasteiger partial charge >= 0.3 is 6.09 Å². The van der Waals surface area contributed by atoms with Crippen LogP contribution in [0.4, 0.5) is 14.9 Å². The number of amides is 1. The standard InChI is InChI=1S/C18H23FN4O7S/c1-10-14-18(9-29-10,12-8-11(23(25)26)6-7-13(12)19)21-15(22(5)31(14,27)28)20-16(24)30-17(2,3)4/h6-8,10,14H,9H2,1-5H3,(H,20,21,24)/t10-,14?,18+/m0/s1. The summed E-state index contributed by atoms with van der Waals surface area (Å²) in [5.41, 5.74) is -3.45. The minimum atomic E-state index is -4.21. The Morgan fingerprint density at radius 3 is 2.68 bits per heavy atom. The molecule has 1 fully saturated rings. The van der Waals surface area contributed by atoms with Gasteiger partial charge in [-0.2, -0.15) is 0 Å². The van der Waals surface area contributed by atoms with Gasteiger partial charge in [-0.15, -0.1) is 0 Å². The molecule has 1 saturated heterocycles. The molecule has 2 aliphatic heterocycles. The first-order valence-electron chi connectivity index (χ1n) is 9.33. The van der Waals surface area contributed by atoms with Crippen LogP contribution in [0.2, 0.25) is 0 Å². The number of non-ortho nitro benzene ring substituents is 1. The average Bonchev–Trinajstić information content (AvgIpc) is 2.96. The van der Waals surface area contributed by atoms with Crippen LogP contribution in [-0.4, -0.2) is 60.3 Å². The molecule has 0 spiro atoms. The second kappa shape index (κ2) is 7.41. The summed E-state index contributed by atoms with van der Waals surface area (Å²) in [6.07, 6.45) is -1.86. The van der Waals surface area contributed by atoms with E-state index in [0.29, 0.717) is 0 Å². The highest BCUT2D eigenvalue weighted by Gasteiger charge is 2.61. The van der Waals surface area contributed by atoms with E-state index in [0.717, 1.165) is 22.5 Å². The fraction of sp³-hybridized carbons (Fsp3) is 0.556. The molecule has 2 heterocycles. The van der Waals surface area contributed by atoms with Gasteiger partial charge in [-0.25, -0.2) is 26.9 Å². The zero-order chi connectivity index (χ0) is 23.4. The Hall–Kier alpha value is -2.80. The van der Waals surface area contributed by atoms with Crippen molar-refractivity contribution in [3.63, 3.8) is 0 Å². The summed E-state index contributed by atoms with van der Waals surface area (Å²) in [6.45, 7) is 6.01. The lowest BCUT2D eigenvalue weighted by Gasteiger charge is -2.40. The first-order chi connectivity index (χ1) is 14.2. The van der Waals surface area contributed by atoms with Crippen LogP contribution in [0.3, 0.4) is 0 Å². The van der Waals surface area contributed by atoms with E-state index in [4.69, 9.17) is 9.47 Å². The van der Waals surface area contributed by atoms with Crippen LogP contribution in [0.25, 0.3) is 0 Å². The van der Waals surface area contributed by atoms with E-state index in [1.165, 1.54) is 14.0 Å². The number of carbonyl (C=O) groups excluding carboxylic acids is 1. The fourth-order valence-corrected chi connectivity index (χ4v) is 5.67. The maximum absolute atomic E-state index is 14.9. The second-order valence-corrected chi connectivity index (χ2v) is 10.4. The number of nitrogens with one attached hydrogen (secondary N) is 1. The molecule has 13 heteroatoms. The summed E-state index contributed by atoms with van der Waals surface area (Å²) < 4.78 is 52.9. The molecule has 3 atom stereocenters. The summed E-state index contributed by atoms with van der Waals surface area (Å²) in [4.78, 5) is 27.1. The summed E-state index contributed by atoms with van der Waals surface area (Å²) in [5.74, 6) is -1.29. The lowest BCUT2D eigenvalue weighted by Crippen LogP contribution is -2.60. The van der Waals surface area contributed by atoms with Crippen LogP contribution in [0.1, 0.15) is 33.3 Å². The van der Waals surface area contributed by atoms with E-state index in [1.807, 2.05) is 0 Å². The average molecular weight is 458 g/mol. The number of nitro benzene ring substituents is 1. The molecule has 31 heavy (non-hydrogen) atoms. The SMILES string of the molecule is C[C@@H]1OC[C@]2(c3cc([N+](=O)[O-])ccc3F)N=C(NC(=O)OC(C)(C)C)N(C)S(=O)(=O)C12. The molecular weight excluding hydrogens is 435 g/mol. The quantitative estimate of drug-likeness (QED) is 0.527. The first kappa shape index (κ1) is 22.9. The number of nitrogens with zero attached hydrogens (tertiary/aromatic N) is 3. The number of guanidine groups is 1. The van der Waals surface area contributed by atoms with E-state index < -0.39 is 61.0 Å². The normalized spacial score (nSPS) is 27.3. The van der Waals surface area contributed by atoms with Gasteiger partial charge in [-0.05, 0) is 33.8 Å². The topological polar surface area (TPSA) is 140 Å². The number of nitro groups is 1. The van der Waals surface area contributed by atoms with Crippen LogP contribution in [-0.2, 0) is 25.0 Å². The smallest absolute Gasteiger partial charge is 0.414 e. The first-order valence-corrected chi connectivity index (χ1v) is 10.8. The van der Waals surface area contributed by atoms with Crippen LogP contribution < -0.4 is 5.32 Å². The number of aliphatic imine (C=N–C) groups is 1. The van der Waals surface area contributed by atoms with E-state index in [9.17, 15) is 27.7 Å². The van der Waals surface area contributed by atoms with Crippen molar-refractivity contribution in [3.05, 3.63) is 39.7 Å². The Kier molecular flexibility index (Phi) is 5.47. The maximum Gasteiger partial charge on any atom is 0.414 e. The number of alkyl carbamates (subject to hydrolysis) is 1. The van der Waals surface area contributed by atoms with Gasteiger partial charge < -0.3 is 9.47 Å². The van der Waals surface area contributed by atoms with E-state index in [2.05, 4.69) is 10.3 Å². The Labute approximate surface area is 178 Å². The molecule has 0 bridgehead atoms. The zero-order valence-electron chi connectivity index (χ0n) is 17.6. The van der Waals surface area contributed by atoms with Gasteiger partial charge in [-0.1, -0.05) is 0 Å². The number of benzene rings is 1. The largest absolute Gasteiger partial charge is 0.444 e. The molecule has 0 saturated carbocycles. The monoisotopic (exact) mass is 458 g/mol. The van der Waals surface area contributed by atoms with E-state index >= 15 is 0 Å². The number of fused-ring (bicyclic) bond motifs is 1. The van der Waals surface area contributed by atoms with Crippen molar-refractivity contribution < 1.29 is 32.0 Å². The number of carbonyl (C=O) groups is 1. The molecule has 1 N–H and O–H groups in total. The molecule has 1 amide bonds. The molecule has 170 valence electrons. The van der Waals surface area contributed by atoms with Crippen molar-refractivity contribution in [2.24, 2.45) is 4.99 Å². The lowest BCUT2D eigenvalue weighted by atomic mass is 9.86. The Morgan fingerprint density at radius 2 is 2.10 bits per heavy atom. The van der Waals surface area contributed by atoms with Gasteiger partial charge in [0, 0.05) is 24.7 Å². The van der Waals surface area contributed by atoms with E-state index in [1.54, 1.807) is 20.8 Å². The summed E-state index contributed by atoms with van der Waals surface area (Å²) >= 11 is 0. The molecule has 11 nitrogen and oxygen atoms in total. The van der Waals surface area contributed by atoms with Crippen molar-refractivity contribution in [1.29, 1.82) is 0 Å². The van der Waals surface area contributed by atoms with Crippen molar-refractivity contribution in [3.8, 4) is 0 Å². The molecule has 0 radical (unpaired) electrons. The highest BCUT2D eigenvalue weighted by atomic mass is 32.2. The number of sulfonamides is 1. The van der Waals surface area contributed by atoms with Gasteiger partial charge in [0.25, 0.3) is 5.69 Å². The van der Waals surface area contributed by atoms with Crippen LogP contribution in [0.5, 0.6) is 0 Å². The minimum Gasteiger partial charge on any atom is -0.444 e. The van der Waals surface area contributed by atoms with Crippen molar-refractivity contribution >= 4 is 27.8 Å². The summed E-state index contributed by atoms with van der Waals surface area (Å²) in [6, 6.07) is 2.79. The number of halogens is 1. The molecule has 0 aliphatic carbocycles. The number of ether oxygens (including phenoxy) is 2. The molecule has 2 aliphatic rings. The fourth-order valence-electron chi connectivity index (χ4n) is 3.70. The van der Waals surface area contributed by atoms with Crippen LogP contribution in [0, 0.1) is 15.9 Å². The molecule has 1 aromatic rings. The highest BCUT2D eigenvalue weighted by Crippen LogP contribution is 2.46. The summed E-state index contributed by atoms with van der Waals surface area (Å²) in [7, 11) is -3.03. The third-order valence-electron chi connectivity index (χ3n) is 5.01. The van der Waals surface area contributed by atoms with Gasteiger partial charge in [0.15, 0.2) is 0 Å². The number of hydrogen-bond donors (Lipinski definition) is 1. The molecule has 1 aromatic carbocycles. The Morgan fingerprint density at radius 1 is 1.45 bits per heavy atom. The molecule has 3 rings (SSSR count). The number of hydrogen-bond acceptors (Lipinski definition) is 8. The molecule has 1 unspecified atom stereocenters. The van der Waals surface area contributed by atoms with Gasteiger partial charge in [-0.3, -0.25) is 15.4 Å². The molecule has 0 aromatic heterocycles. The third-order valence-corrected chi connectivity index (χ3v) is 7.36. The maximum atomic E-state index is 14.9. The Balaban J connectivity index is 2.20. The number of rotatable bonds is 2. The highest BCUT2D eigenvalue weighted by molar-refractivity contribution is 7.90. The van der Waals surface area contributed by atoms with E-state index in [-0.39, 0.29) is 12.2 Å². The Bertz CT molecular complexity index is 1070. The predicted octanol–water partition coefficient (Wildman–Crippen LogP) is 1.87. The van der Waals surface area contributed by atoms with Crippen LogP contribution in [0.15, 0.2) is 23.2 Å². The second-order valence-electron chi connectivity index (χ2n) is 8.36. The van der Waals surface area contributed by atoms with Gasteiger partial charge in [0.2, 0.25) is 16.0 Å². The van der Waals surface area contributed by atoms with Crippen LogP contribution >= 0.6 is 0 Å². The van der Waals surface area contributed by atoms with Crippen molar-refractivity contribution in [1.82, 2.24) is 9.62 Å². The minimum absolute atomic E-state index is 0.309. The van der Waals surface area contributed by atoms with Crippen molar-refractivity contribution in [2.75, 3.05) is 13.7 Å². The van der Waals surface area contributed by atoms with Crippen molar-refractivity contribution in [2.45, 2.75) is 50.2 Å². The zero-order valence-corrected chi connectivity index (χ0v) is 18.4. The van der Waals surface area contributed by atoms with Gasteiger partial charge in [0.1, 0.15) is 22.2 Å². The summed E-state index contributed by atoms with van der Waals surface area (Å²) in [5, 5.41) is 12.2. The lowest BCUT2D eigenvalue weighted by molar-refractivity contribution is -0.385. The van der Waals surface area contributed by atoms with Gasteiger partial charge in [0.05, 0.1) is 17.6 Å². The predicted molar refractivity (Wildman–Crippen MR) is 107 cm³/mol. The third kappa shape index (κ3) is 3.94.